The molecule has 90 valence electrons. The predicted octanol–water partition coefficient (Wildman–Crippen LogP) is 3.13. The van der Waals surface area contributed by atoms with Gasteiger partial charge in [0, 0.05) is 11.6 Å². The van der Waals surface area contributed by atoms with E-state index in [4.69, 9.17) is 11.6 Å². The number of halogens is 1. The van der Waals surface area contributed by atoms with Crippen molar-refractivity contribution < 1.29 is 0 Å². The monoisotopic (exact) mass is 267 g/mol. The van der Waals surface area contributed by atoms with E-state index in [0.717, 1.165) is 33.7 Å². The SMILES string of the molecule is Cc1nnc(CN(C)Cc2ccccc2Cl)s1. The molecule has 0 amide bonds. The van der Waals surface area contributed by atoms with Crippen molar-refractivity contribution in [1.29, 1.82) is 0 Å². The molecule has 0 bridgehead atoms. The van der Waals surface area contributed by atoms with Gasteiger partial charge in [-0.2, -0.15) is 0 Å². The molecule has 0 radical (unpaired) electrons. The van der Waals surface area contributed by atoms with Gasteiger partial charge in [-0.05, 0) is 25.6 Å². The minimum atomic E-state index is 0.802. The van der Waals surface area contributed by atoms with Gasteiger partial charge in [-0.15, -0.1) is 21.5 Å². The molecule has 0 unspecified atom stereocenters. The Labute approximate surface area is 110 Å². The topological polar surface area (TPSA) is 29.0 Å². The van der Waals surface area contributed by atoms with E-state index in [1.54, 1.807) is 11.3 Å². The van der Waals surface area contributed by atoms with Gasteiger partial charge in [-0.3, -0.25) is 4.90 Å². The summed E-state index contributed by atoms with van der Waals surface area (Å²) in [5, 5.41) is 11.0. The Morgan fingerprint density at radius 2 is 2.00 bits per heavy atom. The second-order valence-corrected chi connectivity index (χ2v) is 5.65. The van der Waals surface area contributed by atoms with E-state index in [9.17, 15) is 0 Å². The molecule has 1 aromatic heterocycles. The Bertz CT molecular complexity index is 498. The lowest BCUT2D eigenvalue weighted by atomic mass is 10.2. The fourth-order valence-corrected chi connectivity index (χ4v) is 2.59. The van der Waals surface area contributed by atoms with Gasteiger partial charge in [0.2, 0.25) is 0 Å². The molecule has 0 spiro atoms. The first kappa shape index (κ1) is 12.5. The third-order valence-corrected chi connectivity index (χ3v) is 3.56. The van der Waals surface area contributed by atoms with Crippen molar-refractivity contribution in [2.75, 3.05) is 7.05 Å². The molecule has 5 heteroatoms. The molecule has 3 nitrogen and oxygen atoms in total. The van der Waals surface area contributed by atoms with E-state index in [1.807, 2.05) is 31.2 Å². The minimum absolute atomic E-state index is 0.802. The molecular weight excluding hydrogens is 254 g/mol. The van der Waals surface area contributed by atoms with Gasteiger partial charge in [0.1, 0.15) is 10.0 Å². The number of nitrogens with zero attached hydrogens (tertiary/aromatic N) is 3. The first-order valence-corrected chi connectivity index (χ1v) is 6.55. The van der Waals surface area contributed by atoms with Crippen LogP contribution < -0.4 is 0 Å². The fraction of sp³-hybridized carbons (Fsp3) is 0.333. The van der Waals surface area contributed by atoms with E-state index in [1.165, 1.54) is 0 Å². The van der Waals surface area contributed by atoms with Crippen molar-refractivity contribution in [2.45, 2.75) is 20.0 Å². The number of hydrogen-bond acceptors (Lipinski definition) is 4. The van der Waals surface area contributed by atoms with Gasteiger partial charge in [-0.1, -0.05) is 29.8 Å². The number of rotatable bonds is 4. The minimum Gasteiger partial charge on any atom is -0.295 e. The summed E-state index contributed by atoms with van der Waals surface area (Å²) in [7, 11) is 2.06. The summed E-state index contributed by atoms with van der Waals surface area (Å²) in [5.41, 5.74) is 1.14. The highest BCUT2D eigenvalue weighted by molar-refractivity contribution is 7.11. The summed E-state index contributed by atoms with van der Waals surface area (Å²) < 4.78 is 0. The normalized spacial score (nSPS) is 11.1. The molecule has 0 aliphatic rings. The third-order valence-electron chi connectivity index (χ3n) is 2.37. The van der Waals surface area contributed by atoms with Crippen molar-refractivity contribution in [3.05, 3.63) is 44.9 Å². The van der Waals surface area contributed by atoms with E-state index in [0.29, 0.717) is 0 Å². The lowest BCUT2D eigenvalue weighted by Gasteiger charge is -2.15. The second kappa shape index (κ2) is 5.58. The molecule has 0 saturated carbocycles. The van der Waals surface area contributed by atoms with Crippen molar-refractivity contribution in [2.24, 2.45) is 0 Å². The molecule has 2 aromatic rings. The van der Waals surface area contributed by atoms with Crippen LogP contribution in [0.3, 0.4) is 0 Å². The highest BCUT2D eigenvalue weighted by Crippen LogP contribution is 2.18. The molecule has 17 heavy (non-hydrogen) atoms. The molecule has 0 fully saturated rings. The van der Waals surface area contributed by atoms with E-state index < -0.39 is 0 Å². The fourth-order valence-electron chi connectivity index (χ4n) is 1.61. The van der Waals surface area contributed by atoms with Crippen LogP contribution in [0.1, 0.15) is 15.6 Å². The van der Waals surface area contributed by atoms with Crippen molar-refractivity contribution in [3.63, 3.8) is 0 Å². The van der Waals surface area contributed by atoms with Crippen molar-refractivity contribution in [3.8, 4) is 0 Å². The first-order valence-electron chi connectivity index (χ1n) is 5.36. The molecule has 0 N–H and O–H groups in total. The van der Waals surface area contributed by atoms with E-state index >= 15 is 0 Å². The van der Waals surface area contributed by atoms with Crippen LogP contribution in [0.5, 0.6) is 0 Å². The molecule has 1 aromatic carbocycles. The van der Waals surface area contributed by atoms with Gasteiger partial charge < -0.3 is 0 Å². The Morgan fingerprint density at radius 1 is 1.24 bits per heavy atom. The van der Waals surface area contributed by atoms with Crippen LogP contribution in [0, 0.1) is 6.92 Å². The van der Waals surface area contributed by atoms with Gasteiger partial charge in [-0.25, -0.2) is 0 Å². The number of aromatic nitrogens is 2. The Morgan fingerprint density at radius 3 is 2.65 bits per heavy atom. The molecular formula is C12H14ClN3S. The summed E-state index contributed by atoms with van der Waals surface area (Å²) in [5.74, 6) is 0. The van der Waals surface area contributed by atoms with Crippen LogP contribution in [-0.2, 0) is 13.1 Å². The Balaban J connectivity index is 1.98. The van der Waals surface area contributed by atoms with Crippen LogP contribution in [0.4, 0.5) is 0 Å². The number of benzene rings is 1. The number of aryl methyl sites for hydroxylation is 1. The third kappa shape index (κ3) is 3.49. The number of hydrogen-bond donors (Lipinski definition) is 0. The Kier molecular flexibility index (Phi) is 4.10. The molecule has 0 aliphatic carbocycles. The largest absolute Gasteiger partial charge is 0.295 e. The smallest absolute Gasteiger partial charge is 0.131 e. The van der Waals surface area contributed by atoms with Gasteiger partial charge in [0.25, 0.3) is 0 Å². The molecule has 1 heterocycles. The lowest BCUT2D eigenvalue weighted by molar-refractivity contribution is 0.318. The predicted molar refractivity (Wildman–Crippen MR) is 71.3 cm³/mol. The zero-order chi connectivity index (χ0) is 12.3. The zero-order valence-corrected chi connectivity index (χ0v) is 11.4. The Hall–Kier alpha value is -0.970. The molecule has 0 atom stereocenters. The quantitative estimate of drug-likeness (QED) is 0.852. The molecule has 0 aliphatic heterocycles. The second-order valence-electron chi connectivity index (χ2n) is 3.98. The summed E-state index contributed by atoms with van der Waals surface area (Å²) in [6.07, 6.45) is 0. The van der Waals surface area contributed by atoms with Gasteiger partial charge in [0.05, 0.1) is 6.54 Å². The highest BCUT2D eigenvalue weighted by atomic mass is 35.5. The highest BCUT2D eigenvalue weighted by Gasteiger charge is 2.07. The average Bonchev–Trinajstić information content (AvgIpc) is 2.67. The van der Waals surface area contributed by atoms with E-state index in [-0.39, 0.29) is 0 Å². The summed E-state index contributed by atoms with van der Waals surface area (Å²) >= 11 is 7.76. The first-order chi connectivity index (χ1) is 8.15. The molecule has 0 saturated heterocycles. The lowest BCUT2D eigenvalue weighted by Crippen LogP contribution is -2.17. The summed E-state index contributed by atoms with van der Waals surface area (Å²) in [6.45, 7) is 3.59. The standard InChI is InChI=1S/C12H14ClN3S/c1-9-14-15-12(17-9)8-16(2)7-10-5-3-4-6-11(10)13/h3-6H,7-8H2,1-2H3. The van der Waals surface area contributed by atoms with E-state index in [2.05, 4.69) is 22.1 Å². The van der Waals surface area contributed by atoms with Crippen LogP contribution >= 0.6 is 22.9 Å². The van der Waals surface area contributed by atoms with Gasteiger partial charge >= 0.3 is 0 Å². The summed E-state index contributed by atoms with van der Waals surface area (Å²) in [4.78, 5) is 2.18. The van der Waals surface area contributed by atoms with Crippen LogP contribution in [0.25, 0.3) is 0 Å². The van der Waals surface area contributed by atoms with Crippen LogP contribution in [0.2, 0.25) is 5.02 Å². The van der Waals surface area contributed by atoms with Crippen molar-refractivity contribution >= 4 is 22.9 Å². The molecule has 2 rings (SSSR count). The van der Waals surface area contributed by atoms with Crippen molar-refractivity contribution in [1.82, 2.24) is 15.1 Å². The zero-order valence-electron chi connectivity index (χ0n) is 9.85. The average molecular weight is 268 g/mol. The van der Waals surface area contributed by atoms with Gasteiger partial charge in [0.15, 0.2) is 0 Å². The maximum Gasteiger partial charge on any atom is 0.131 e. The maximum absolute atomic E-state index is 6.12. The maximum atomic E-state index is 6.12. The summed E-state index contributed by atoms with van der Waals surface area (Å²) in [6, 6.07) is 7.91. The van der Waals surface area contributed by atoms with Crippen LogP contribution in [-0.4, -0.2) is 22.1 Å². The van der Waals surface area contributed by atoms with Crippen LogP contribution in [0.15, 0.2) is 24.3 Å².